The SMILES string of the molecule is CCOC(=O)c1cc(-c2ccc(F)cc2)ns1. The van der Waals surface area contributed by atoms with Gasteiger partial charge >= 0.3 is 5.97 Å². The zero-order valence-corrected chi connectivity index (χ0v) is 9.96. The lowest BCUT2D eigenvalue weighted by Gasteiger charge is -1.96. The van der Waals surface area contributed by atoms with E-state index in [4.69, 9.17) is 4.74 Å². The summed E-state index contributed by atoms with van der Waals surface area (Å²) in [6.07, 6.45) is 0. The Hall–Kier alpha value is -1.75. The van der Waals surface area contributed by atoms with Crippen molar-refractivity contribution in [3.63, 3.8) is 0 Å². The number of carbonyl (C=O) groups is 1. The van der Waals surface area contributed by atoms with Crippen molar-refractivity contribution in [1.29, 1.82) is 0 Å². The van der Waals surface area contributed by atoms with Crippen LogP contribution in [-0.2, 0) is 4.74 Å². The molecule has 0 N–H and O–H groups in total. The van der Waals surface area contributed by atoms with Crippen LogP contribution < -0.4 is 0 Å². The molecule has 0 fully saturated rings. The summed E-state index contributed by atoms with van der Waals surface area (Å²) in [6.45, 7) is 2.09. The standard InChI is InChI=1S/C12H10FNO2S/c1-2-16-12(15)11-7-10(14-17-11)8-3-5-9(13)6-4-8/h3-7H,2H2,1H3. The van der Waals surface area contributed by atoms with Gasteiger partial charge in [-0.15, -0.1) is 0 Å². The maximum absolute atomic E-state index is 12.7. The molecule has 88 valence electrons. The van der Waals surface area contributed by atoms with E-state index in [0.717, 1.165) is 17.1 Å². The minimum atomic E-state index is -0.377. The molecule has 2 aromatic rings. The van der Waals surface area contributed by atoms with E-state index >= 15 is 0 Å². The highest BCUT2D eigenvalue weighted by Crippen LogP contribution is 2.22. The number of halogens is 1. The van der Waals surface area contributed by atoms with Crippen molar-refractivity contribution in [3.05, 3.63) is 41.0 Å². The van der Waals surface area contributed by atoms with Crippen molar-refractivity contribution in [3.8, 4) is 11.3 Å². The van der Waals surface area contributed by atoms with Gasteiger partial charge in [-0.05, 0) is 48.8 Å². The maximum Gasteiger partial charge on any atom is 0.349 e. The Morgan fingerprint density at radius 3 is 2.76 bits per heavy atom. The third kappa shape index (κ3) is 2.68. The predicted octanol–water partition coefficient (Wildman–Crippen LogP) is 3.13. The van der Waals surface area contributed by atoms with Gasteiger partial charge in [0.05, 0.1) is 12.3 Å². The number of aromatic nitrogens is 1. The summed E-state index contributed by atoms with van der Waals surface area (Å²) < 4.78 is 21.7. The van der Waals surface area contributed by atoms with Gasteiger partial charge in [-0.2, -0.15) is 4.37 Å². The molecular formula is C12H10FNO2S. The van der Waals surface area contributed by atoms with Gasteiger partial charge in [0, 0.05) is 5.56 Å². The maximum atomic E-state index is 12.7. The van der Waals surface area contributed by atoms with Crippen molar-refractivity contribution in [2.24, 2.45) is 0 Å². The first-order chi connectivity index (χ1) is 8.20. The number of carbonyl (C=O) groups excluding carboxylic acids is 1. The third-order valence-corrected chi connectivity index (χ3v) is 2.90. The highest BCUT2D eigenvalue weighted by atomic mass is 32.1. The molecule has 0 spiro atoms. The number of esters is 1. The lowest BCUT2D eigenvalue weighted by molar-refractivity contribution is 0.0532. The van der Waals surface area contributed by atoms with Gasteiger partial charge in [-0.1, -0.05) is 0 Å². The first-order valence-corrected chi connectivity index (χ1v) is 5.88. The molecule has 0 amide bonds. The van der Waals surface area contributed by atoms with Crippen LogP contribution >= 0.6 is 11.5 Å². The molecule has 0 aliphatic carbocycles. The van der Waals surface area contributed by atoms with Crippen molar-refractivity contribution < 1.29 is 13.9 Å². The second-order valence-corrected chi connectivity index (χ2v) is 4.11. The fourth-order valence-corrected chi connectivity index (χ4v) is 1.98. The summed E-state index contributed by atoms with van der Waals surface area (Å²) in [4.78, 5) is 11.9. The van der Waals surface area contributed by atoms with Crippen LogP contribution in [0.2, 0.25) is 0 Å². The number of rotatable bonds is 3. The molecule has 0 saturated carbocycles. The van der Waals surface area contributed by atoms with Crippen LogP contribution in [0.15, 0.2) is 30.3 Å². The molecule has 0 aliphatic rings. The topological polar surface area (TPSA) is 39.2 Å². The second kappa shape index (κ2) is 5.05. The molecule has 5 heteroatoms. The summed E-state index contributed by atoms with van der Waals surface area (Å²) in [5, 5.41) is 0. The molecule has 0 unspecified atom stereocenters. The average Bonchev–Trinajstić information content (AvgIpc) is 2.80. The number of ether oxygens (including phenoxy) is 1. The van der Waals surface area contributed by atoms with E-state index < -0.39 is 0 Å². The van der Waals surface area contributed by atoms with E-state index in [1.165, 1.54) is 12.1 Å². The van der Waals surface area contributed by atoms with Gasteiger partial charge in [0.25, 0.3) is 0 Å². The highest BCUT2D eigenvalue weighted by molar-refractivity contribution is 7.08. The molecule has 2 rings (SSSR count). The third-order valence-electron chi connectivity index (χ3n) is 2.13. The smallest absolute Gasteiger partial charge is 0.349 e. The second-order valence-electron chi connectivity index (χ2n) is 3.30. The summed E-state index contributed by atoms with van der Waals surface area (Å²) >= 11 is 1.08. The molecule has 0 atom stereocenters. The first-order valence-electron chi connectivity index (χ1n) is 5.10. The van der Waals surface area contributed by atoms with Crippen molar-refractivity contribution >= 4 is 17.5 Å². The summed E-state index contributed by atoms with van der Waals surface area (Å²) in [6, 6.07) is 7.62. The van der Waals surface area contributed by atoms with Crippen LogP contribution in [0, 0.1) is 5.82 Å². The monoisotopic (exact) mass is 251 g/mol. The summed E-state index contributed by atoms with van der Waals surface area (Å²) in [5.41, 5.74) is 1.43. The van der Waals surface area contributed by atoms with Crippen LogP contribution in [0.25, 0.3) is 11.3 Å². The van der Waals surface area contributed by atoms with E-state index in [0.29, 0.717) is 17.2 Å². The minimum absolute atomic E-state index is 0.297. The quantitative estimate of drug-likeness (QED) is 0.787. The molecule has 17 heavy (non-hydrogen) atoms. The van der Waals surface area contributed by atoms with Crippen LogP contribution in [0.5, 0.6) is 0 Å². The summed E-state index contributed by atoms with van der Waals surface area (Å²) in [5.74, 6) is -0.673. The van der Waals surface area contributed by atoms with E-state index in [1.54, 1.807) is 25.1 Å². The minimum Gasteiger partial charge on any atom is -0.462 e. The van der Waals surface area contributed by atoms with Crippen LogP contribution in [0.4, 0.5) is 4.39 Å². The van der Waals surface area contributed by atoms with E-state index in [-0.39, 0.29) is 11.8 Å². The predicted molar refractivity (Wildman–Crippen MR) is 63.5 cm³/mol. The fourth-order valence-electron chi connectivity index (χ4n) is 1.33. The van der Waals surface area contributed by atoms with Crippen molar-refractivity contribution in [2.75, 3.05) is 6.61 Å². The zero-order valence-electron chi connectivity index (χ0n) is 9.14. The van der Waals surface area contributed by atoms with Gasteiger partial charge in [0.1, 0.15) is 10.7 Å². The first kappa shape index (κ1) is 11.7. The molecule has 0 aliphatic heterocycles. The lowest BCUT2D eigenvalue weighted by atomic mass is 10.1. The molecule has 1 heterocycles. The lowest BCUT2D eigenvalue weighted by Crippen LogP contribution is -2.01. The van der Waals surface area contributed by atoms with E-state index in [9.17, 15) is 9.18 Å². The number of benzene rings is 1. The highest BCUT2D eigenvalue weighted by Gasteiger charge is 2.12. The molecule has 0 radical (unpaired) electrons. The van der Waals surface area contributed by atoms with Gasteiger partial charge in [0.2, 0.25) is 0 Å². The number of nitrogens with zero attached hydrogens (tertiary/aromatic N) is 1. The Balaban J connectivity index is 2.23. The largest absolute Gasteiger partial charge is 0.462 e. The molecule has 1 aromatic carbocycles. The molecular weight excluding hydrogens is 241 g/mol. The van der Waals surface area contributed by atoms with Crippen molar-refractivity contribution in [1.82, 2.24) is 4.37 Å². The van der Waals surface area contributed by atoms with Gasteiger partial charge in [-0.25, -0.2) is 9.18 Å². The van der Waals surface area contributed by atoms with E-state index in [1.807, 2.05) is 0 Å². The van der Waals surface area contributed by atoms with Crippen LogP contribution in [0.3, 0.4) is 0 Å². The molecule has 1 aromatic heterocycles. The van der Waals surface area contributed by atoms with E-state index in [2.05, 4.69) is 4.37 Å². The Morgan fingerprint density at radius 1 is 1.41 bits per heavy atom. The van der Waals surface area contributed by atoms with Gasteiger partial charge in [0.15, 0.2) is 0 Å². The molecule has 3 nitrogen and oxygen atoms in total. The fraction of sp³-hybridized carbons (Fsp3) is 0.167. The Morgan fingerprint density at radius 2 is 2.12 bits per heavy atom. The number of hydrogen-bond donors (Lipinski definition) is 0. The Bertz CT molecular complexity index is 522. The van der Waals surface area contributed by atoms with Gasteiger partial charge in [-0.3, -0.25) is 0 Å². The zero-order chi connectivity index (χ0) is 12.3. The normalized spacial score (nSPS) is 10.2. The van der Waals surface area contributed by atoms with Crippen molar-refractivity contribution in [2.45, 2.75) is 6.92 Å². The number of hydrogen-bond acceptors (Lipinski definition) is 4. The van der Waals surface area contributed by atoms with Crippen LogP contribution in [-0.4, -0.2) is 16.9 Å². The summed E-state index contributed by atoms with van der Waals surface area (Å²) in [7, 11) is 0. The molecule has 0 bridgehead atoms. The molecule has 0 saturated heterocycles. The Labute approximate surface area is 102 Å². The average molecular weight is 251 g/mol. The Kier molecular flexibility index (Phi) is 3.49. The van der Waals surface area contributed by atoms with Crippen LogP contribution in [0.1, 0.15) is 16.6 Å². The van der Waals surface area contributed by atoms with Gasteiger partial charge < -0.3 is 4.74 Å².